The van der Waals surface area contributed by atoms with Crippen molar-refractivity contribution < 1.29 is 19.4 Å². The molecule has 2 heterocycles. The number of rotatable bonds is 8. The SMILES string of the molecule is O=C(NCC[C@@H]1COc2ccccc2O1)c1ccc(NCCCO)nc1. The molecular formula is C19H23N3O4. The lowest BCUT2D eigenvalue weighted by Crippen LogP contribution is -2.34. The molecule has 138 valence electrons. The first-order valence-electron chi connectivity index (χ1n) is 8.74. The molecule has 1 atom stereocenters. The Morgan fingerprint density at radius 2 is 2.04 bits per heavy atom. The van der Waals surface area contributed by atoms with Gasteiger partial charge >= 0.3 is 0 Å². The maximum Gasteiger partial charge on any atom is 0.252 e. The second kappa shape index (κ2) is 9.05. The third-order valence-corrected chi connectivity index (χ3v) is 3.99. The number of anilines is 1. The molecule has 1 amide bonds. The maximum atomic E-state index is 12.2. The van der Waals surface area contributed by atoms with E-state index >= 15 is 0 Å². The number of ether oxygens (including phenoxy) is 2. The van der Waals surface area contributed by atoms with Crippen molar-refractivity contribution in [3.63, 3.8) is 0 Å². The molecule has 0 spiro atoms. The van der Waals surface area contributed by atoms with Crippen LogP contribution in [0.25, 0.3) is 0 Å². The van der Waals surface area contributed by atoms with Crippen molar-refractivity contribution in [3.8, 4) is 11.5 Å². The number of para-hydroxylation sites is 2. The number of fused-ring (bicyclic) bond motifs is 1. The highest BCUT2D eigenvalue weighted by molar-refractivity contribution is 5.94. The summed E-state index contributed by atoms with van der Waals surface area (Å²) in [6.07, 6.45) is 2.77. The molecule has 3 rings (SSSR count). The van der Waals surface area contributed by atoms with Crippen molar-refractivity contribution >= 4 is 11.7 Å². The molecule has 0 radical (unpaired) electrons. The Balaban J connectivity index is 1.41. The quantitative estimate of drug-likeness (QED) is 0.624. The predicted molar refractivity (Wildman–Crippen MR) is 97.7 cm³/mol. The maximum absolute atomic E-state index is 12.2. The van der Waals surface area contributed by atoms with Crippen LogP contribution in [-0.2, 0) is 0 Å². The lowest BCUT2D eigenvalue weighted by molar-refractivity contribution is 0.0812. The highest BCUT2D eigenvalue weighted by Gasteiger charge is 2.20. The van der Waals surface area contributed by atoms with E-state index in [1.807, 2.05) is 24.3 Å². The van der Waals surface area contributed by atoms with Crippen molar-refractivity contribution in [1.82, 2.24) is 10.3 Å². The fourth-order valence-electron chi connectivity index (χ4n) is 2.58. The minimum atomic E-state index is -0.170. The van der Waals surface area contributed by atoms with Gasteiger partial charge in [-0.05, 0) is 30.7 Å². The number of aromatic nitrogens is 1. The number of nitrogens with zero attached hydrogens (tertiary/aromatic N) is 1. The van der Waals surface area contributed by atoms with E-state index in [0.29, 0.717) is 43.9 Å². The lowest BCUT2D eigenvalue weighted by atomic mass is 10.2. The molecule has 7 nitrogen and oxygen atoms in total. The fourth-order valence-corrected chi connectivity index (χ4v) is 2.58. The van der Waals surface area contributed by atoms with Crippen molar-refractivity contribution in [2.24, 2.45) is 0 Å². The zero-order valence-corrected chi connectivity index (χ0v) is 14.5. The van der Waals surface area contributed by atoms with Gasteiger partial charge in [0.05, 0.1) is 5.56 Å². The van der Waals surface area contributed by atoms with E-state index in [1.54, 1.807) is 12.1 Å². The average Bonchev–Trinajstić information content (AvgIpc) is 2.68. The van der Waals surface area contributed by atoms with Crippen molar-refractivity contribution in [1.29, 1.82) is 0 Å². The monoisotopic (exact) mass is 357 g/mol. The second-order valence-electron chi connectivity index (χ2n) is 5.98. The first-order chi connectivity index (χ1) is 12.8. The number of benzene rings is 1. The van der Waals surface area contributed by atoms with E-state index in [1.165, 1.54) is 6.20 Å². The predicted octanol–water partition coefficient (Wildman–Crippen LogP) is 1.84. The summed E-state index contributed by atoms with van der Waals surface area (Å²) in [5, 5.41) is 14.7. The Labute approximate surface area is 152 Å². The van der Waals surface area contributed by atoms with E-state index in [0.717, 1.165) is 11.5 Å². The Morgan fingerprint density at radius 1 is 1.19 bits per heavy atom. The first kappa shape index (κ1) is 18.0. The third-order valence-electron chi connectivity index (χ3n) is 3.99. The molecule has 1 aliphatic heterocycles. The van der Waals surface area contributed by atoms with E-state index in [9.17, 15) is 4.79 Å². The molecule has 0 bridgehead atoms. The van der Waals surface area contributed by atoms with Crippen LogP contribution in [0.4, 0.5) is 5.82 Å². The highest BCUT2D eigenvalue weighted by Crippen LogP contribution is 2.31. The topological polar surface area (TPSA) is 92.7 Å². The summed E-state index contributed by atoms with van der Waals surface area (Å²) in [7, 11) is 0. The van der Waals surface area contributed by atoms with E-state index in [-0.39, 0.29) is 18.6 Å². The van der Waals surface area contributed by atoms with Gasteiger partial charge in [-0.1, -0.05) is 12.1 Å². The first-order valence-corrected chi connectivity index (χ1v) is 8.74. The van der Waals surface area contributed by atoms with Crippen molar-refractivity contribution in [2.75, 3.05) is 31.6 Å². The van der Waals surface area contributed by atoms with Crippen molar-refractivity contribution in [2.45, 2.75) is 18.9 Å². The minimum absolute atomic E-state index is 0.0820. The molecule has 0 fully saturated rings. The summed E-state index contributed by atoms with van der Waals surface area (Å²) >= 11 is 0. The van der Waals surface area contributed by atoms with E-state index in [4.69, 9.17) is 14.6 Å². The van der Waals surface area contributed by atoms with Gasteiger partial charge in [-0.3, -0.25) is 4.79 Å². The standard InChI is InChI=1S/C19H23N3O4/c23-11-3-9-20-18-7-6-14(12-22-18)19(24)21-10-8-15-13-25-16-4-1-2-5-17(16)26-15/h1-2,4-7,12,15,23H,3,8-11,13H2,(H,20,22)(H,21,24)/t15-/m1/s1. The summed E-state index contributed by atoms with van der Waals surface area (Å²) < 4.78 is 11.5. The number of amides is 1. The summed E-state index contributed by atoms with van der Waals surface area (Å²) in [5.41, 5.74) is 0.504. The Kier molecular flexibility index (Phi) is 6.27. The van der Waals surface area contributed by atoms with Crippen LogP contribution in [-0.4, -0.2) is 48.4 Å². The summed E-state index contributed by atoms with van der Waals surface area (Å²) in [6.45, 7) is 1.74. The van der Waals surface area contributed by atoms with Crippen LogP contribution in [0.1, 0.15) is 23.2 Å². The van der Waals surface area contributed by atoms with Gasteiger partial charge in [-0.15, -0.1) is 0 Å². The number of pyridine rings is 1. The number of carbonyl (C=O) groups is 1. The number of carbonyl (C=O) groups excluding carboxylic acids is 1. The average molecular weight is 357 g/mol. The number of hydrogen-bond donors (Lipinski definition) is 3. The van der Waals surface area contributed by atoms with E-state index < -0.39 is 0 Å². The van der Waals surface area contributed by atoms with Gasteiger partial charge < -0.3 is 25.2 Å². The normalized spacial score (nSPS) is 15.3. The van der Waals surface area contributed by atoms with Crippen molar-refractivity contribution in [3.05, 3.63) is 48.2 Å². The molecule has 0 unspecified atom stereocenters. The Bertz CT molecular complexity index is 721. The fraction of sp³-hybridized carbons (Fsp3) is 0.368. The lowest BCUT2D eigenvalue weighted by Gasteiger charge is -2.26. The third kappa shape index (κ3) is 4.86. The van der Waals surface area contributed by atoms with Crippen LogP contribution in [0, 0.1) is 0 Å². The van der Waals surface area contributed by atoms with Gasteiger partial charge in [0, 0.05) is 32.3 Å². The molecule has 1 aromatic heterocycles. The number of hydrogen-bond acceptors (Lipinski definition) is 6. The zero-order valence-electron chi connectivity index (χ0n) is 14.5. The number of aliphatic hydroxyl groups excluding tert-OH is 1. The van der Waals surface area contributed by atoms with Crippen LogP contribution < -0.4 is 20.1 Å². The van der Waals surface area contributed by atoms with Gasteiger partial charge in [0.15, 0.2) is 11.5 Å². The molecule has 2 aromatic rings. The van der Waals surface area contributed by atoms with E-state index in [2.05, 4.69) is 15.6 Å². The summed E-state index contributed by atoms with van der Waals surface area (Å²) in [4.78, 5) is 16.4. The zero-order chi connectivity index (χ0) is 18.2. The molecule has 7 heteroatoms. The minimum Gasteiger partial charge on any atom is -0.486 e. The molecule has 26 heavy (non-hydrogen) atoms. The molecule has 1 aliphatic rings. The van der Waals surface area contributed by atoms with Crippen LogP contribution in [0.15, 0.2) is 42.6 Å². The summed E-state index contributed by atoms with van der Waals surface area (Å²) in [5.74, 6) is 2.01. The number of aliphatic hydroxyl groups is 1. The van der Waals surface area contributed by atoms with Crippen LogP contribution in [0.5, 0.6) is 11.5 Å². The molecule has 0 saturated carbocycles. The van der Waals surface area contributed by atoms with Crippen LogP contribution >= 0.6 is 0 Å². The summed E-state index contributed by atoms with van der Waals surface area (Å²) in [6, 6.07) is 11.0. The van der Waals surface area contributed by atoms with Gasteiger partial charge in [-0.25, -0.2) is 4.98 Å². The molecule has 1 aromatic carbocycles. The molecule has 0 aliphatic carbocycles. The number of nitrogens with one attached hydrogen (secondary N) is 2. The molecular weight excluding hydrogens is 334 g/mol. The highest BCUT2D eigenvalue weighted by atomic mass is 16.6. The molecule has 0 saturated heterocycles. The largest absolute Gasteiger partial charge is 0.486 e. The van der Waals surface area contributed by atoms with Gasteiger partial charge in [0.1, 0.15) is 18.5 Å². The Morgan fingerprint density at radius 3 is 2.81 bits per heavy atom. The second-order valence-corrected chi connectivity index (χ2v) is 5.98. The van der Waals surface area contributed by atoms with Crippen LogP contribution in [0.3, 0.4) is 0 Å². The van der Waals surface area contributed by atoms with Gasteiger partial charge in [-0.2, -0.15) is 0 Å². The Hall–Kier alpha value is -2.80. The smallest absolute Gasteiger partial charge is 0.252 e. The van der Waals surface area contributed by atoms with Crippen LogP contribution in [0.2, 0.25) is 0 Å². The van der Waals surface area contributed by atoms with Gasteiger partial charge in [0.25, 0.3) is 5.91 Å². The molecule has 3 N–H and O–H groups in total. The van der Waals surface area contributed by atoms with Gasteiger partial charge in [0.2, 0.25) is 0 Å².